The Kier molecular flexibility index (Phi) is 4.55. The summed E-state index contributed by atoms with van der Waals surface area (Å²) in [6.07, 6.45) is 2.78. The Morgan fingerprint density at radius 3 is 2.50 bits per heavy atom. The molecular weight excluding hydrogens is 196 g/mol. The Morgan fingerprint density at radius 1 is 1.25 bits per heavy atom. The van der Waals surface area contributed by atoms with Crippen LogP contribution in [0.15, 0.2) is 24.3 Å². The molecule has 1 aromatic rings. The molecule has 1 N–H and O–H groups in total. The summed E-state index contributed by atoms with van der Waals surface area (Å²) >= 11 is 0. The molecular formula is C15H24O. The first kappa shape index (κ1) is 13.2. The van der Waals surface area contributed by atoms with Gasteiger partial charge in [-0.25, -0.2) is 0 Å². The fourth-order valence-corrected chi connectivity index (χ4v) is 1.78. The predicted octanol–water partition coefficient (Wildman–Crippen LogP) is 4.21. The van der Waals surface area contributed by atoms with E-state index < -0.39 is 0 Å². The maximum atomic E-state index is 10.0. The molecule has 1 unspecified atom stereocenters. The molecule has 1 aromatic carbocycles. The summed E-state index contributed by atoms with van der Waals surface area (Å²) in [6, 6.07) is 8.34. The zero-order valence-corrected chi connectivity index (χ0v) is 11.0. The average Bonchev–Trinajstić information content (AvgIpc) is 2.25. The number of aliphatic hydroxyl groups is 1. The van der Waals surface area contributed by atoms with Gasteiger partial charge in [0.05, 0.1) is 6.10 Å². The second-order valence-electron chi connectivity index (χ2n) is 5.53. The summed E-state index contributed by atoms with van der Waals surface area (Å²) in [6.45, 7) is 8.75. The molecule has 1 nitrogen and oxygen atoms in total. The van der Waals surface area contributed by atoms with Crippen molar-refractivity contribution in [3.05, 3.63) is 35.4 Å². The van der Waals surface area contributed by atoms with Crippen molar-refractivity contribution < 1.29 is 5.11 Å². The minimum absolute atomic E-state index is 0.153. The predicted molar refractivity (Wildman–Crippen MR) is 69.6 cm³/mol. The molecule has 0 fully saturated rings. The van der Waals surface area contributed by atoms with Crippen molar-refractivity contribution in [2.45, 2.75) is 58.5 Å². The lowest BCUT2D eigenvalue weighted by Crippen LogP contribution is -2.11. The van der Waals surface area contributed by atoms with Crippen molar-refractivity contribution in [2.75, 3.05) is 0 Å². The third-order valence-corrected chi connectivity index (χ3v) is 2.97. The van der Waals surface area contributed by atoms with Crippen LogP contribution < -0.4 is 0 Å². The first-order chi connectivity index (χ1) is 7.45. The second kappa shape index (κ2) is 5.49. The molecule has 0 spiro atoms. The molecule has 0 saturated carbocycles. The number of rotatable bonds is 4. The summed E-state index contributed by atoms with van der Waals surface area (Å²) in [7, 11) is 0. The van der Waals surface area contributed by atoms with Crippen molar-refractivity contribution in [3.8, 4) is 0 Å². The first-order valence-electron chi connectivity index (χ1n) is 6.23. The maximum Gasteiger partial charge on any atom is 0.0790 e. The molecule has 0 aromatic heterocycles. The van der Waals surface area contributed by atoms with E-state index in [1.165, 1.54) is 5.56 Å². The van der Waals surface area contributed by atoms with Crippen molar-refractivity contribution in [2.24, 2.45) is 0 Å². The van der Waals surface area contributed by atoms with Gasteiger partial charge in [0.15, 0.2) is 0 Å². The Bertz CT molecular complexity index is 322. The van der Waals surface area contributed by atoms with E-state index in [0.717, 1.165) is 24.8 Å². The van der Waals surface area contributed by atoms with Crippen molar-refractivity contribution in [1.29, 1.82) is 0 Å². The molecule has 0 aliphatic carbocycles. The minimum atomic E-state index is -0.303. The van der Waals surface area contributed by atoms with Gasteiger partial charge in [-0.15, -0.1) is 0 Å². The average molecular weight is 220 g/mol. The smallest absolute Gasteiger partial charge is 0.0790 e. The van der Waals surface area contributed by atoms with Crippen LogP contribution in [-0.2, 0) is 5.41 Å². The van der Waals surface area contributed by atoms with Crippen LogP contribution in [0.4, 0.5) is 0 Å². The van der Waals surface area contributed by atoms with Gasteiger partial charge >= 0.3 is 0 Å². The topological polar surface area (TPSA) is 20.2 Å². The molecule has 0 bridgehead atoms. The lowest BCUT2D eigenvalue weighted by Gasteiger charge is -2.21. The first-order valence-corrected chi connectivity index (χ1v) is 6.23. The fourth-order valence-electron chi connectivity index (χ4n) is 1.78. The maximum absolute atomic E-state index is 10.0. The molecule has 1 rings (SSSR count). The Hall–Kier alpha value is -0.820. The zero-order chi connectivity index (χ0) is 12.2. The third-order valence-electron chi connectivity index (χ3n) is 2.97. The van der Waals surface area contributed by atoms with Gasteiger partial charge < -0.3 is 5.11 Å². The summed E-state index contributed by atoms with van der Waals surface area (Å²) in [5.74, 6) is 0. The van der Waals surface area contributed by atoms with E-state index in [1.807, 2.05) is 12.1 Å². The van der Waals surface area contributed by atoms with Gasteiger partial charge in [-0.05, 0) is 23.0 Å². The van der Waals surface area contributed by atoms with Crippen LogP contribution in [0.2, 0.25) is 0 Å². The fraction of sp³-hybridized carbons (Fsp3) is 0.600. The van der Waals surface area contributed by atoms with Crippen LogP contribution >= 0.6 is 0 Å². The number of hydrogen-bond donors (Lipinski definition) is 1. The molecule has 90 valence electrons. The largest absolute Gasteiger partial charge is 0.388 e. The van der Waals surface area contributed by atoms with Gasteiger partial charge in [0.1, 0.15) is 0 Å². The summed E-state index contributed by atoms with van der Waals surface area (Å²) in [5, 5.41) is 10.0. The van der Waals surface area contributed by atoms with Crippen molar-refractivity contribution in [1.82, 2.24) is 0 Å². The lowest BCUT2D eigenvalue weighted by atomic mass is 9.85. The SMILES string of the molecule is CCCCC(O)c1cccc(C(C)(C)C)c1. The number of unbranched alkanes of at least 4 members (excludes halogenated alkanes) is 1. The highest BCUT2D eigenvalue weighted by Crippen LogP contribution is 2.26. The molecule has 0 heterocycles. The van der Waals surface area contributed by atoms with Gasteiger partial charge in [0.2, 0.25) is 0 Å². The van der Waals surface area contributed by atoms with E-state index >= 15 is 0 Å². The van der Waals surface area contributed by atoms with Crippen LogP contribution in [0.1, 0.15) is 64.2 Å². The van der Waals surface area contributed by atoms with E-state index in [1.54, 1.807) is 0 Å². The quantitative estimate of drug-likeness (QED) is 0.806. The molecule has 1 atom stereocenters. The molecule has 0 saturated heterocycles. The Balaban J connectivity index is 2.82. The van der Waals surface area contributed by atoms with Gasteiger partial charge in [0, 0.05) is 0 Å². The highest BCUT2D eigenvalue weighted by atomic mass is 16.3. The van der Waals surface area contributed by atoms with Gasteiger partial charge in [-0.1, -0.05) is 64.8 Å². The third kappa shape index (κ3) is 3.64. The van der Waals surface area contributed by atoms with Crippen molar-refractivity contribution >= 4 is 0 Å². The van der Waals surface area contributed by atoms with Crippen LogP contribution in [-0.4, -0.2) is 5.11 Å². The lowest BCUT2D eigenvalue weighted by molar-refractivity contribution is 0.164. The summed E-state index contributed by atoms with van der Waals surface area (Å²) in [4.78, 5) is 0. The van der Waals surface area contributed by atoms with Crippen molar-refractivity contribution in [3.63, 3.8) is 0 Å². The van der Waals surface area contributed by atoms with Gasteiger partial charge in [0.25, 0.3) is 0 Å². The van der Waals surface area contributed by atoms with E-state index in [9.17, 15) is 5.11 Å². The van der Waals surface area contributed by atoms with Crippen LogP contribution in [0.3, 0.4) is 0 Å². The molecule has 16 heavy (non-hydrogen) atoms. The highest BCUT2D eigenvalue weighted by molar-refractivity contribution is 5.29. The number of aliphatic hydroxyl groups excluding tert-OH is 1. The van der Waals surface area contributed by atoms with E-state index in [2.05, 4.69) is 39.8 Å². The van der Waals surface area contributed by atoms with E-state index in [4.69, 9.17) is 0 Å². The van der Waals surface area contributed by atoms with Gasteiger partial charge in [-0.3, -0.25) is 0 Å². The Labute approximate surface area is 99.5 Å². The molecule has 0 aliphatic heterocycles. The van der Waals surface area contributed by atoms with E-state index in [0.29, 0.717) is 0 Å². The van der Waals surface area contributed by atoms with Gasteiger partial charge in [-0.2, -0.15) is 0 Å². The molecule has 0 radical (unpaired) electrons. The van der Waals surface area contributed by atoms with E-state index in [-0.39, 0.29) is 11.5 Å². The molecule has 0 aliphatic rings. The minimum Gasteiger partial charge on any atom is -0.388 e. The normalized spacial score (nSPS) is 13.8. The van der Waals surface area contributed by atoms with Crippen LogP contribution in [0.25, 0.3) is 0 Å². The molecule has 1 heteroatoms. The zero-order valence-electron chi connectivity index (χ0n) is 11.0. The molecule has 0 amide bonds. The number of hydrogen-bond acceptors (Lipinski definition) is 1. The Morgan fingerprint density at radius 2 is 1.94 bits per heavy atom. The second-order valence-corrected chi connectivity index (χ2v) is 5.53. The summed E-state index contributed by atoms with van der Waals surface area (Å²) < 4.78 is 0. The van der Waals surface area contributed by atoms with Crippen LogP contribution in [0, 0.1) is 0 Å². The standard InChI is InChI=1S/C15H24O/c1-5-6-10-14(16)12-8-7-9-13(11-12)15(2,3)4/h7-9,11,14,16H,5-6,10H2,1-4H3. The summed E-state index contributed by atoms with van der Waals surface area (Å²) in [5.41, 5.74) is 2.50. The monoisotopic (exact) mass is 220 g/mol. The van der Waals surface area contributed by atoms with Crippen LogP contribution in [0.5, 0.6) is 0 Å². The highest BCUT2D eigenvalue weighted by Gasteiger charge is 2.15. The number of benzene rings is 1.